The van der Waals surface area contributed by atoms with Gasteiger partial charge in [-0.15, -0.1) is 0 Å². The van der Waals surface area contributed by atoms with Gasteiger partial charge in [0.05, 0.1) is 5.02 Å². The lowest BCUT2D eigenvalue weighted by Gasteiger charge is -2.20. The van der Waals surface area contributed by atoms with Crippen LogP contribution in [0.4, 0.5) is 0 Å². The number of rotatable bonds is 6. The molecule has 1 saturated carbocycles. The van der Waals surface area contributed by atoms with Gasteiger partial charge in [0.1, 0.15) is 11.4 Å². The van der Waals surface area contributed by atoms with Gasteiger partial charge in [-0.2, -0.15) is 4.31 Å². The lowest BCUT2D eigenvalue weighted by molar-refractivity contribution is -0.137. The molecule has 1 aliphatic carbocycles. The van der Waals surface area contributed by atoms with Gasteiger partial charge in [0.25, 0.3) is 0 Å². The second kappa shape index (κ2) is 6.01. The van der Waals surface area contributed by atoms with Crippen molar-refractivity contribution in [1.29, 1.82) is 0 Å². The van der Waals surface area contributed by atoms with Gasteiger partial charge in [-0.3, -0.25) is 4.79 Å². The minimum absolute atomic E-state index is 0.0655. The number of hydrogen-bond donors (Lipinski definition) is 1. The highest BCUT2D eigenvalue weighted by Crippen LogP contribution is 2.33. The van der Waals surface area contributed by atoms with Crippen LogP contribution >= 0.6 is 27.5 Å². The summed E-state index contributed by atoms with van der Waals surface area (Å²) >= 11 is 9.17. The van der Waals surface area contributed by atoms with Crippen molar-refractivity contribution in [3.8, 4) is 0 Å². The zero-order chi connectivity index (χ0) is 14.9. The SMILES string of the molecule is O=C(O)CN(CC1CC1)S(=O)(=O)c1ccc(Br)cc1Cl. The predicted molar refractivity (Wildman–Crippen MR) is 78.3 cm³/mol. The first-order valence-corrected chi connectivity index (χ1v) is 8.59. The van der Waals surface area contributed by atoms with Crippen LogP contribution in [0.2, 0.25) is 5.02 Å². The van der Waals surface area contributed by atoms with Gasteiger partial charge in [-0.25, -0.2) is 8.42 Å². The Morgan fingerprint density at radius 1 is 1.45 bits per heavy atom. The Hall–Kier alpha value is -0.630. The Kier molecular flexibility index (Phi) is 4.73. The lowest BCUT2D eigenvalue weighted by atomic mass is 10.4. The number of sulfonamides is 1. The number of nitrogens with zero attached hydrogens (tertiary/aromatic N) is 1. The van der Waals surface area contributed by atoms with E-state index in [1.165, 1.54) is 12.1 Å². The van der Waals surface area contributed by atoms with E-state index in [0.717, 1.165) is 17.1 Å². The molecule has 20 heavy (non-hydrogen) atoms. The number of benzene rings is 1. The van der Waals surface area contributed by atoms with Gasteiger partial charge in [0.2, 0.25) is 10.0 Å². The van der Waals surface area contributed by atoms with Crippen LogP contribution in [0.5, 0.6) is 0 Å². The molecule has 110 valence electrons. The van der Waals surface area contributed by atoms with E-state index in [1.807, 2.05) is 0 Å². The first-order valence-electron chi connectivity index (χ1n) is 5.97. The molecule has 0 radical (unpaired) electrons. The molecular formula is C12H13BrClNO4S. The molecule has 0 heterocycles. The zero-order valence-electron chi connectivity index (χ0n) is 10.4. The van der Waals surface area contributed by atoms with Gasteiger partial charge < -0.3 is 5.11 Å². The Balaban J connectivity index is 2.35. The van der Waals surface area contributed by atoms with Crippen molar-refractivity contribution in [3.05, 3.63) is 27.7 Å². The number of aliphatic carboxylic acids is 1. The standard InChI is InChI=1S/C12H13BrClNO4S/c13-9-3-4-11(10(14)5-9)20(18,19)15(7-12(16)17)6-8-1-2-8/h3-5,8H,1-2,6-7H2,(H,16,17). The third kappa shape index (κ3) is 3.72. The zero-order valence-corrected chi connectivity index (χ0v) is 13.6. The van der Waals surface area contributed by atoms with E-state index in [-0.39, 0.29) is 22.4 Å². The smallest absolute Gasteiger partial charge is 0.318 e. The molecule has 0 saturated heterocycles. The predicted octanol–water partition coefficient (Wildman–Crippen LogP) is 2.59. The quantitative estimate of drug-likeness (QED) is 0.820. The molecule has 1 aromatic rings. The Morgan fingerprint density at radius 3 is 2.60 bits per heavy atom. The molecular weight excluding hydrogens is 370 g/mol. The molecule has 1 aliphatic rings. The fraction of sp³-hybridized carbons (Fsp3) is 0.417. The molecule has 0 unspecified atom stereocenters. The van der Waals surface area contributed by atoms with Crippen LogP contribution in [0.25, 0.3) is 0 Å². The van der Waals surface area contributed by atoms with Crippen LogP contribution in [0, 0.1) is 5.92 Å². The molecule has 0 atom stereocenters. The highest BCUT2D eigenvalue weighted by molar-refractivity contribution is 9.10. The molecule has 0 bridgehead atoms. The molecule has 1 fully saturated rings. The third-order valence-electron chi connectivity index (χ3n) is 2.98. The average Bonchev–Trinajstić information content (AvgIpc) is 3.10. The topological polar surface area (TPSA) is 74.7 Å². The van der Waals surface area contributed by atoms with Crippen LogP contribution in [-0.2, 0) is 14.8 Å². The van der Waals surface area contributed by atoms with Crippen LogP contribution in [-0.4, -0.2) is 36.9 Å². The summed E-state index contributed by atoms with van der Waals surface area (Å²) in [6.07, 6.45) is 1.86. The number of hydrogen-bond acceptors (Lipinski definition) is 3. The van der Waals surface area contributed by atoms with Gasteiger partial charge >= 0.3 is 5.97 Å². The molecule has 0 aromatic heterocycles. The largest absolute Gasteiger partial charge is 0.480 e. The fourth-order valence-corrected chi connectivity index (χ4v) is 4.29. The second-order valence-electron chi connectivity index (χ2n) is 4.71. The van der Waals surface area contributed by atoms with E-state index in [2.05, 4.69) is 15.9 Å². The van der Waals surface area contributed by atoms with Crippen LogP contribution < -0.4 is 0 Å². The summed E-state index contributed by atoms with van der Waals surface area (Å²) in [5.74, 6) is -0.930. The number of halogens is 2. The van der Waals surface area contributed by atoms with Crippen molar-refractivity contribution in [1.82, 2.24) is 4.31 Å². The van der Waals surface area contributed by atoms with Crippen molar-refractivity contribution in [2.75, 3.05) is 13.1 Å². The van der Waals surface area contributed by atoms with Crippen molar-refractivity contribution in [3.63, 3.8) is 0 Å². The molecule has 1 N–H and O–H groups in total. The first kappa shape index (κ1) is 15.8. The second-order valence-corrected chi connectivity index (χ2v) is 7.94. The maximum absolute atomic E-state index is 12.5. The van der Waals surface area contributed by atoms with E-state index in [1.54, 1.807) is 6.07 Å². The molecule has 0 spiro atoms. The molecule has 1 aromatic carbocycles. The Morgan fingerprint density at radius 2 is 2.10 bits per heavy atom. The monoisotopic (exact) mass is 381 g/mol. The molecule has 0 aliphatic heterocycles. The van der Waals surface area contributed by atoms with Crippen molar-refractivity contribution < 1.29 is 18.3 Å². The Bertz CT molecular complexity index is 630. The summed E-state index contributed by atoms with van der Waals surface area (Å²) in [5.41, 5.74) is 0. The summed E-state index contributed by atoms with van der Waals surface area (Å²) in [4.78, 5) is 10.8. The minimum atomic E-state index is -3.90. The van der Waals surface area contributed by atoms with Gasteiger partial charge in [0, 0.05) is 11.0 Å². The summed E-state index contributed by atoms with van der Waals surface area (Å²) in [5, 5.41) is 8.97. The molecule has 5 nitrogen and oxygen atoms in total. The highest BCUT2D eigenvalue weighted by Gasteiger charge is 2.34. The molecule has 8 heteroatoms. The maximum atomic E-state index is 12.5. The lowest BCUT2D eigenvalue weighted by Crippen LogP contribution is -2.37. The fourth-order valence-electron chi connectivity index (χ4n) is 1.81. The normalized spacial score (nSPS) is 15.6. The summed E-state index contributed by atoms with van der Waals surface area (Å²) in [6, 6.07) is 4.42. The summed E-state index contributed by atoms with van der Waals surface area (Å²) < 4.78 is 26.7. The van der Waals surface area contributed by atoms with E-state index >= 15 is 0 Å². The van der Waals surface area contributed by atoms with E-state index in [0.29, 0.717) is 4.47 Å². The van der Waals surface area contributed by atoms with E-state index in [4.69, 9.17) is 16.7 Å². The van der Waals surface area contributed by atoms with E-state index in [9.17, 15) is 13.2 Å². The van der Waals surface area contributed by atoms with Crippen LogP contribution in [0.3, 0.4) is 0 Å². The molecule has 0 amide bonds. The first-order chi connectivity index (χ1) is 9.30. The van der Waals surface area contributed by atoms with Crippen LogP contribution in [0.1, 0.15) is 12.8 Å². The average molecular weight is 383 g/mol. The molecule has 2 rings (SSSR count). The Labute approximate surface area is 130 Å². The third-order valence-corrected chi connectivity index (χ3v) is 5.77. The maximum Gasteiger partial charge on any atom is 0.318 e. The number of carboxylic acids is 1. The van der Waals surface area contributed by atoms with Crippen molar-refractivity contribution >= 4 is 43.5 Å². The highest BCUT2D eigenvalue weighted by atomic mass is 79.9. The van der Waals surface area contributed by atoms with Crippen molar-refractivity contribution in [2.45, 2.75) is 17.7 Å². The summed E-state index contributed by atoms with van der Waals surface area (Å²) in [6.45, 7) is -0.327. The van der Waals surface area contributed by atoms with Gasteiger partial charge in [-0.1, -0.05) is 27.5 Å². The number of carbonyl (C=O) groups is 1. The van der Waals surface area contributed by atoms with Gasteiger partial charge in [-0.05, 0) is 37.0 Å². The van der Waals surface area contributed by atoms with Gasteiger partial charge in [0.15, 0.2) is 0 Å². The van der Waals surface area contributed by atoms with Crippen LogP contribution in [0.15, 0.2) is 27.6 Å². The van der Waals surface area contributed by atoms with Crippen molar-refractivity contribution in [2.24, 2.45) is 5.92 Å². The van der Waals surface area contributed by atoms with E-state index < -0.39 is 22.5 Å². The minimum Gasteiger partial charge on any atom is -0.480 e. The number of carboxylic acid groups (broad SMARTS) is 1. The summed E-state index contributed by atoms with van der Waals surface area (Å²) in [7, 11) is -3.90.